The molecule has 1 N–H and O–H groups in total. The summed E-state index contributed by atoms with van der Waals surface area (Å²) in [6.45, 7) is 16.8. The molecular weight excluding hydrogens is 194 g/mol. The molecule has 16 heavy (non-hydrogen) atoms. The van der Waals surface area contributed by atoms with E-state index in [1.165, 1.54) is 32.4 Å². The summed E-state index contributed by atoms with van der Waals surface area (Å²) in [6.07, 6.45) is 4.07. The molecule has 0 amide bonds. The molecule has 1 fully saturated rings. The molecule has 1 saturated heterocycles. The highest BCUT2D eigenvalue weighted by Crippen LogP contribution is 2.42. The fourth-order valence-corrected chi connectivity index (χ4v) is 3.42. The molecule has 1 heteroatoms. The first-order chi connectivity index (χ1) is 7.21. The molecule has 0 aromatic rings. The highest BCUT2D eigenvalue weighted by Gasteiger charge is 2.34. The molecule has 1 rings (SSSR count). The van der Waals surface area contributed by atoms with Crippen LogP contribution >= 0.6 is 0 Å². The van der Waals surface area contributed by atoms with Crippen LogP contribution in [0.25, 0.3) is 0 Å². The van der Waals surface area contributed by atoms with E-state index < -0.39 is 0 Å². The van der Waals surface area contributed by atoms with E-state index in [1.807, 2.05) is 0 Å². The van der Waals surface area contributed by atoms with E-state index in [1.54, 1.807) is 0 Å². The standard InChI is InChI=1S/C15H31N/c1-12-7-8-16-10-13(9-12)15(5,6)11-14(2,3)4/h12-13,16H,7-11H2,1-6H3. The first-order valence-corrected chi connectivity index (χ1v) is 6.91. The van der Waals surface area contributed by atoms with Gasteiger partial charge >= 0.3 is 0 Å². The third-order valence-corrected chi connectivity index (χ3v) is 3.98. The molecule has 1 aliphatic rings. The summed E-state index contributed by atoms with van der Waals surface area (Å²) in [5.74, 6) is 1.73. The molecule has 0 radical (unpaired) electrons. The Kier molecular flexibility index (Phi) is 4.45. The Balaban J connectivity index is 2.65. The summed E-state index contributed by atoms with van der Waals surface area (Å²) < 4.78 is 0. The van der Waals surface area contributed by atoms with Crippen LogP contribution in [-0.4, -0.2) is 13.1 Å². The maximum absolute atomic E-state index is 3.62. The van der Waals surface area contributed by atoms with Crippen LogP contribution in [0.3, 0.4) is 0 Å². The van der Waals surface area contributed by atoms with Crippen LogP contribution in [-0.2, 0) is 0 Å². The molecule has 2 atom stereocenters. The molecule has 1 nitrogen and oxygen atoms in total. The van der Waals surface area contributed by atoms with Crippen molar-refractivity contribution in [1.82, 2.24) is 5.32 Å². The van der Waals surface area contributed by atoms with Gasteiger partial charge in [0.25, 0.3) is 0 Å². The van der Waals surface area contributed by atoms with Gasteiger partial charge in [0.2, 0.25) is 0 Å². The molecule has 1 heterocycles. The third-order valence-electron chi connectivity index (χ3n) is 3.98. The molecule has 0 saturated carbocycles. The van der Waals surface area contributed by atoms with Gasteiger partial charge in [-0.15, -0.1) is 0 Å². The quantitative estimate of drug-likeness (QED) is 0.746. The zero-order valence-corrected chi connectivity index (χ0v) is 12.2. The Bertz CT molecular complexity index is 212. The van der Waals surface area contributed by atoms with Gasteiger partial charge in [0, 0.05) is 0 Å². The third kappa shape index (κ3) is 4.45. The van der Waals surface area contributed by atoms with Crippen LogP contribution in [0.1, 0.15) is 60.8 Å². The predicted molar refractivity (Wildman–Crippen MR) is 72.6 cm³/mol. The lowest BCUT2D eigenvalue weighted by molar-refractivity contribution is 0.116. The van der Waals surface area contributed by atoms with Crippen molar-refractivity contribution in [3.63, 3.8) is 0 Å². The Labute approximate surface area is 102 Å². The minimum absolute atomic E-state index is 0.443. The average molecular weight is 225 g/mol. The van der Waals surface area contributed by atoms with Crippen molar-refractivity contribution in [2.75, 3.05) is 13.1 Å². The van der Waals surface area contributed by atoms with E-state index in [0.29, 0.717) is 10.8 Å². The van der Waals surface area contributed by atoms with Crippen molar-refractivity contribution in [3.8, 4) is 0 Å². The van der Waals surface area contributed by atoms with Gasteiger partial charge in [-0.3, -0.25) is 0 Å². The van der Waals surface area contributed by atoms with Crippen molar-refractivity contribution in [3.05, 3.63) is 0 Å². The van der Waals surface area contributed by atoms with Gasteiger partial charge in [-0.25, -0.2) is 0 Å². The highest BCUT2D eigenvalue weighted by molar-refractivity contribution is 4.86. The normalized spacial score (nSPS) is 28.9. The zero-order chi connectivity index (χ0) is 12.4. The van der Waals surface area contributed by atoms with Crippen LogP contribution in [0.15, 0.2) is 0 Å². The maximum Gasteiger partial charge on any atom is -0.00153 e. The zero-order valence-electron chi connectivity index (χ0n) is 12.2. The van der Waals surface area contributed by atoms with E-state index in [0.717, 1.165) is 11.8 Å². The number of hydrogen-bond acceptors (Lipinski definition) is 1. The lowest BCUT2D eigenvalue weighted by Gasteiger charge is -2.39. The first-order valence-electron chi connectivity index (χ1n) is 6.91. The summed E-state index contributed by atoms with van der Waals surface area (Å²) in [5, 5.41) is 3.62. The van der Waals surface area contributed by atoms with E-state index in [-0.39, 0.29) is 0 Å². The van der Waals surface area contributed by atoms with Crippen molar-refractivity contribution in [2.24, 2.45) is 22.7 Å². The molecule has 2 unspecified atom stereocenters. The summed E-state index contributed by atoms with van der Waals surface area (Å²) in [5.41, 5.74) is 0.906. The lowest BCUT2D eigenvalue weighted by atomic mass is 9.67. The van der Waals surface area contributed by atoms with Crippen LogP contribution in [0, 0.1) is 22.7 Å². The van der Waals surface area contributed by atoms with Crippen molar-refractivity contribution >= 4 is 0 Å². The fraction of sp³-hybridized carbons (Fsp3) is 1.00. The summed E-state index contributed by atoms with van der Waals surface area (Å²) >= 11 is 0. The Hall–Kier alpha value is -0.0400. The Morgan fingerprint density at radius 1 is 1.12 bits per heavy atom. The van der Waals surface area contributed by atoms with Crippen LogP contribution in [0.4, 0.5) is 0 Å². The summed E-state index contributed by atoms with van der Waals surface area (Å²) in [4.78, 5) is 0. The molecule has 0 aromatic heterocycles. The van der Waals surface area contributed by atoms with Crippen molar-refractivity contribution < 1.29 is 0 Å². The monoisotopic (exact) mass is 225 g/mol. The number of nitrogens with one attached hydrogen (secondary N) is 1. The minimum Gasteiger partial charge on any atom is -0.316 e. The molecule has 0 spiro atoms. The van der Waals surface area contributed by atoms with Crippen LogP contribution in [0.5, 0.6) is 0 Å². The smallest absolute Gasteiger partial charge is 0.00153 e. The summed E-state index contributed by atoms with van der Waals surface area (Å²) in [7, 11) is 0. The van der Waals surface area contributed by atoms with Crippen molar-refractivity contribution in [1.29, 1.82) is 0 Å². The first kappa shape index (κ1) is 14.0. The van der Waals surface area contributed by atoms with Gasteiger partial charge in [-0.2, -0.15) is 0 Å². The van der Waals surface area contributed by atoms with Gasteiger partial charge in [0.1, 0.15) is 0 Å². The summed E-state index contributed by atoms with van der Waals surface area (Å²) in [6, 6.07) is 0. The van der Waals surface area contributed by atoms with Gasteiger partial charge in [0.15, 0.2) is 0 Å². The molecular formula is C15H31N. The number of rotatable bonds is 2. The van der Waals surface area contributed by atoms with Gasteiger partial charge in [-0.1, -0.05) is 41.5 Å². The Morgan fingerprint density at radius 2 is 1.75 bits per heavy atom. The maximum atomic E-state index is 3.62. The van der Waals surface area contributed by atoms with E-state index in [2.05, 4.69) is 46.9 Å². The lowest BCUT2D eigenvalue weighted by Crippen LogP contribution is -2.35. The fourth-order valence-electron chi connectivity index (χ4n) is 3.42. The van der Waals surface area contributed by atoms with Gasteiger partial charge in [-0.05, 0) is 55.0 Å². The van der Waals surface area contributed by atoms with E-state index in [9.17, 15) is 0 Å². The number of hydrogen-bond donors (Lipinski definition) is 1. The van der Waals surface area contributed by atoms with Crippen LogP contribution in [0.2, 0.25) is 0 Å². The minimum atomic E-state index is 0.443. The molecule has 0 aliphatic carbocycles. The second kappa shape index (κ2) is 5.08. The second-order valence-electron chi connectivity index (χ2n) is 7.76. The molecule has 96 valence electrons. The second-order valence-corrected chi connectivity index (χ2v) is 7.76. The molecule has 1 aliphatic heterocycles. The SMILES string of the molecule is CC1CCNCC(C(C)(C)CC(C)(C)C)C1. The molecule has 0 aromatic carbocycles. The van der Waals surface area contributed by atoms with Crippen molar-refractivity contribution in [2.45, 2.75) is 60.8 Å². The largest absolute Gasteiger partial charge is 0.316 e. The van der Waals surface area contributed by atoms with Gasteiger partial charge in [0.05, 0.1) is 0 Å². The van der Waals surface area contributed by atoms with E-state index in [4.69, 9.17) is 0 Å². The highest BCUT2D eigenvalue weighted by atomic mass is 14.9. The van der Waals surface area contributed by atoms with Crippen LogP contribution < -0.4 is 5.32 Å². The average Bonchev–Trinajstić information content (AvgIpc) is 2.25. The Morgan fingerprint density at radius 3 is 2.31 bits per heavy atom. The topological polar surface area (TPSA) is 12.0 Å². The predicted octanol–water partition coefficient (Wildman–Crippen LogP) is 4.08. The van der Waals surface area contributed by atoms with Gasteiger partial charge < -0.3 is 5.32 Å². The molecule has 0 bridgehead atoms. The van der Waals surface area contributed by atoms with E-state index >= 15 is 0 Å².